The van der Waals surface area contributed by atoms with E-state index in [9.17, 15) is 0 Å². The number of hydrogen-bond acceptors (Lipinski definition) is 2. The average molecular weight is 198 g/mol. The molecule has 1 fully saturated rings. The van der Waals surface area contributed by atoms with Crippen molar-refractivity contribution in [2.24, 2.45) is 5.92 Å². The van der Waals surface area contributed by atoms with Crippen molar-refractivity contribution in [2.75, 3.05) is 13.1 Å². The Morgan fingerprint density at radius 3 is 1.93 bits per heavy atom. The van der Waals surface area contributed by atoms with Crippen LogP contribution < -0.4 is 5.32 Å². The molecule has 1 heterocycles. The molecule has 14 heavy (non-hydrogen) atoms. The molecule has 1 saturated heterocycles. The minimum Gasteiger partial charge on any atom is -0.309 e. The molecule has 0 radical (unpaired) electrons. The van der Waals surface area contributed by atoms with Gasteiger partial charge in [0.2, 0.25) is 0 Å². The summed E-state index contributed by atoms with van der Waals surface area (Å²) in [4.78, 5) is 2.63. The van der Waals surface area contributed by atoms with Gasteiger partial charge in [0, 0.05) is 30.7 Å². The van der Waals surface area contributed by atoms with Crippen LogP contribution in [0.4, 0.5) is 0 Å². The minimum absolute atomic E-state index is 0.324. The highest BCUT2D eigenvalue weighted by atomic mass is 15.3. The van der Waals surface area contributed by atoms with E-state index in [1.54, 1.807) is 0 Å². The van der Waals surface area contributed by atoms with Crippen LogP contribution in [0.2, 0.25) is 0 Å². The second-order valence-electron chi connectivity index (χ2n) is 5.68. The Balaban J connectivity index is 2.67. The van der Waals surface area contributed by atoms with Crippen LogP contribution >= 0.6 is 0 Å². The second kappa shape index (κ2) is 4.19. The largest absolute Gasteiger partial charge is 0.309 e. The van der Waals surface area contributed by atoms with Crippen LogP contribution in [0.1, 0.15) is 41.5 Å². The monoisotopic (exact) mass is 198 g/mol. The summed E-state index contributed by atoms with van der Waals surface area (Å²) in [6.07, 6.45) is 0. The molecule has 0 aromatic rings. The van der Waals surface area contributed by atoms with Crippen molar-refractivity contribution >= 4 is 0 Å². The molecular formula is C12H26N2. The zero-order valence-corrected chi connectivity index (χ0v) is 10.6. The van der Waals surface area contributed by atoms with Crippen LogP contribution in [0.3, 0.4) is 0 Å². The first-order chi connectivity index (χ1) is 6.34. The van der Waals surface area contributed by atoms with Gasteiger partial charge in [-0.1, -0.05) is 13.8 Å². The molecule has 0 aromatic heterocycles. The SMILES string of the molecule is CC1CN(C(C)(C)C(C)C)CC(C)N1. The summed E-state index contributed by atoms with van der Waals surface area (Å²) in [6.45, 7) is 16.3. The van der Waals surface area contributed by atoms with Crippen LogP contribution in [0.5, 0.6) is 0 Å². The van der Waals surface area contributed by atoms with E-state index in [0.717, 1.165) is 0 Å². The molecule has 2 atom stereocenters. The quantitative estimate of drug-likeness (QED) is 0.731. The molecule has 0 spiro atoms. The molecule has 0 amide bonds. The van der Waals surface area contributed by atoms with E-state index in [1.807, 2.05) is 0 Å². The van der Waals surface area contributed by atoms with Gasteiger partial charge in [-0.25, -0.2) is 0 Å². The summed E-state index contributed by atoms with van der Waals surface area (Å²) in [6, 6.07) is 1.24. The average Bonchev–Trinajstić information content (AvgIpc) is 2.01. The third kappa shape index (κ3) is 2.48. The molecular weight excluding hydrogens is 172 g/mol. The van der Waals surface area contributed by atoms with Crippen LogP contribution in [-0.4, -0.2) is 35.6 Å². The predicted molar refractivity (Wildman–Crippen MR) is 62.5 cm³/mol. The Hall–Kier alpha value is -0.0800. The molecule has 2 nitrogen and oxygen atoms in total. The van der Waals surface area contributed by atoms with E-state index in [2.05, 4.69) is 51.8 Å². The smallest absolute Gasteiger partial charge is 0.0177 e. The van der Waals surface area contributed by atoms with Crippen molar-refractivity contribution in [1.29, 1.82) is 0 Å². The van der Waals surface area contributed by atoms with E-state index >= 15 is 0 Å². The Morgan fingerprint density at radius 2 is 1.57 bits per heavy atom. The highest BCUT2D eigenvalue weighted by molar-refractivity contribution is 4.91. The molecule has 2 heteroatoms. The van der Waals surface area contributed by atoms with Crippen LogP contribution in [0.25, 0.3) is 0 Å². The maximum absolute atomic E-state index is 3.58. The van der Waals surface area contributed by atoms with E-state index in [-0.39, 0.29) is 0 Å². The number of piperazine rings is 1. The third-order valence-corrected chi connectivity index (χ3v) is 3.79. The fourth-order valence-corrected chi connectivity index (χ4v) is 2.16. The van der Waals surface area contributed by atoms with E-state index < -0.39 is 0 Å². The molecule has 0 saturated carbocycles. The van der Waals surface area contributed by atoms with E-state index in [0.29, 0.717) is 23.5 Å². The van der Waals surface area contributed by atoms with Gasteiger partial charge >= 0.3 is 0 Å². The van der Waals surface area contributed by atoms with Crippen LogP contribution in [-0.2, 0) is 0 Å². The van der Waals surface area contributed by atoms with Gasteiger partial charge in [-0.05, 0) is 33.6 Å². The Kier molecular flexibility index (Phi) is 3.59. The summed E-state index contributed by atoms with van der Waals surface area (Å²) in [5, 5.41) is 3.58. The Morgan fingerprint density at radius 1 is 1.14 bits per heavy atom. The zero-order valence-electron chi connectivity index (χ0n) is 10.6. The molecule has 1 rings (SSSR count). The van der Waals surface area contributed by atoms with Gasteiger partial charge in [0.05, 0.1) is 0 Å². The van der Waals surface area contributed by atoms with Gasteiger partial charge in [-0.15, -0.1) is 0 Å². The van der Waals surface area contributed by atoms with Crippen molar-refractivity contribution in [3.8, 4) is 0 Å². The van der Waals surface area contributed by atoms with Crippen LogP contribution in [0.15, 0.2) is 0 Å². The minimum atomic E-state index is 0.324. The van der Waals surface area contributed by atoms with Gasteiger partial charge in [-0.2, -0.15) is 0 Å². The summed E-state index contributed by atoms with van der Waals surface area (Å²) in [5.41, 5.74) is 0.324. The van der Waals surface area contributed by atoms with Crippen molar-refractivity contribution in [3.05, 3.63) is 0 Å². The lowest BCUT2D eigenvalue weighted by Crippen LogP contribution is -2.61. The van der Waals surface area contributed by atoms with Gasteiger partial charge in [0.15, 0.2) is 0 Å². The summed E-state index contributed by atoms with van der Waals surface area (Å²) >= 11 is 0. The molecule has 0 aliphatic carbocycles. The highest BCUT2D eigenvalue weighted by Crippen LogP contribution is 2.25. The van der Waals surface area contributed by atoms with Gasteiger partial charge in [-0.3, -0.25) is 4.90 Å². The second-order valence-corrected chi connectivity index (χ2v) is 5.68. The lowest BCUT2D eigenvalue weighted by atomic mass is 9.87. The molecule has 2 unspecified atom stereocenters. The first kappa shape index (κ1) is 12.0. The number of nitrogens with zero attached hydrogens (tertiary/aromatic N) is 1. The van der Waals surface area contributed by atoms with Crippen molar-refractivity contribution in [2.45, 2.75) is 59.2 Å². The Labute approximate surface area is 89.1 Å². The maximum atomic E-state index is 3.58. The van der Waals surface area contributed by atoms with E-state index in [4.69, 9.17) is 0 Å². The number of rotatable bonds is 2. The Bertz CT molecular complexity index is 177. The normalized spacial score (nSPS) is 31.1. The van der Waals surface area contributed by atoms with Gasteiger partial charge in [0.1, 0.15) is 0 Å². The number of nitrogens with one attached hydrogen (secondary N) is 1. The molecule has 84 valence electrons. The molecule has 1 aliphatic heterocycles. The van der Waals surface area contributed by atoms with Crippen molar-refractivity contribution in [3.63, 3.8) is 0 Å². The highest BCUT2D eigenvalue weighted by Gasteiger charge is 2.34. The molecule has 0 aromatic carbocycles. The molecule has 1 aliphatic rings. The topological polar surface area (TPSA) is 15.3 Å². The lowest BCUT2D eigenvalue weighted by Gasteiger charge is -2.47. The third-order valence-electron chi connectivity index (χ3n) is 3.79. The molecule has 1 N–H and O–H groups in total. The first-order valence-corrected chi connectivity index (χ1v) is 5.85. The zero-order chi connectivity index (χ0) is 10.9. The predicted octanol–water partition coefficient (Wildman–Crippen LogP) is 2.10. The standard InChI is InChI=1S/C12H26N2/c1-9(2)12(5,6)14-7-10(3)13-11(4)8-14/h9-11,13H,7-8H2,1-6H3. The van der Waals surface area contributed by atoms with Gasteiger partial charge in [0.25, 0.3) is 0 Å². The first-order valence-electron chi connectivity index (χ1n) is 5.85. The fourth-order valence-electron chi connectivity index (χ4n) is 2.16. The molecule has 0 bridgehead atoms. The van der Waals surface area contributed by atoms with Crippen molar-refractivity contribution in [1.82, 2.24) is 10.2 Å². The summed E-state index contributed by atoms with van der Waals surface area (Å²) < 4.78 is 0. The van der Waals surface area contributed by atoms with Gasteiger partial charge < -0.3 is 5.32 Å². The van der Waals surface area contributed by atoms with E-state index in [1.165, 1.54) is 13.1 Å². The summed E-state index contributed by atoms with van der Waals surface area (Å²) in [7, 11) is 0. The maximum Gasteiger partial charge on any atom is 0.0177 e. The lowest BCUT2D eigenvalue weighted by molar-refractivity contribution is 0.0356. The summed E-state index contributed by atoms with van der Waals surface area (Å²) in [5.74, 6) is 0.708. The number of hydrogen-bond donors (Lipinski definition) is 1. The van der Waals surface area contributed by atoms with Crippen LogP contribution in [0, 0.1) is 5.92 Å². The fraction of sp³-hybridized carbons (Fsp3) is 1.00. The van der Waals surface area contributed by atoms with Crippen molar-refractivity contribution < 1.29 is 0 Å².